The van der Waals surface area contributed by atoms with Crippen molar-refractivity contribution in [2.75, 3.05) is 12.4 Å². The van der Waals surface area contributed by atoms with E-state index in [1.807, 2.05) is 6.07 Å². The molecule has 9 heteroatoms. The van der Waals surface area contributed by atoms with Gasteiger partial charge < -0.3 is 14.8 Å². The molecule has 0 atom stereocenters. The van der Waals surface area contributed by atoms with Gasteiger partial charge in [-0.1, -0.05) is 35.9 Å². The van der Waals surface area contributed by atoms with Gasteiger partial charge in [0.1, 0.15) is 0 Å². The lowest BCUT2D eigenvalue weighted by atomic mass is 10.1. The number of nitrogens with zero attached hydrogens (tertiary/aromatic N) is 1. The average Bonchev–Trinajstić information content (AvgIpc) is 2.94. The first-order valence-electron chi connectivity index (χ1n) is 11.4. The zero-order chi connectivity index (χ0) is 26.9. The monoisotopic (exact) mass is 527 g/mol. The van der Waals surface area contributed by atoms with Gasteiger partial charge in [0.15, 0.2) is 11.5 Å². The maximum atomic E-state index is 12.6. The Labute approximate surface area is 223 Å². The largest absolute Gasteiger partial charge is 0.493 e. The summed E-state index contributed by atoms with van der Waals surface area (Å²) in [4.78, 5) is 37.3. The summed E-state index contributed by atoms with van der Waals surface area (Å²) >= 11 is 5.86. The van der Waals surface area contributed by atoms with E-state index in [0.717, 1.165) is 0 Å². The zero-order valence-corrected chi connectivity index (χ0v) is 20.9. The molecule has 4 aromatic rings. The molecular formula is C29H22ClN3O5. The summed E-state index contributed by atoms with van der Waals surface area (Å²) < 4.78 is 10.8. The average molecular weight is 528 g/mol. The molecule has 0 aromatic heterocycles. The number of anilines is 1. The number of hydrogen-bond donors (Lipinski definition) is 2. The molecule has 38 heavy (non-hydrogen) atoms. The van der Waals surface area contributed by atoms with Crippen LogP contribution in [0.5, 0.6) is 11.5 Å². The number of nitrogens with one attached hydrogen (secondary N) is 2. The topological polar surface area (TPSA) is 106 Å². The summed E-state index contributed by atoms with van der Waals surface area (Å²) in [5, 5.41) is 7.27. The molecule has 0 aliphatic rings. The van der Waals surface area contributed by atoms with Crippen molar-refractivity contribution < 1.29 is 23.9 Å². The predicted octanol–water partition coefficient (Wildman–Crippen LogP) is 5.58. The Kier molecular flexibility index (Phi) is 8.48. The Morgan fingerprint density at radius 2 is 1.50 bits per heavy atom. The Balaban J connectivity index is 1.37. The van der Waals surface area contributed by atoms with Gasteiger partial charge in [0, 0.05) is 21.8 Å². The van der Waals surface area contributed by atoms with Gasteiger partial charge in [-0.3, -0.25) is 9.59 Å². The molecule has 0 radical (unpaired) electrons. The van der Waals surface area contributed by atoms with Crippen LogP contribution in [-0.2, 0) is 0 Å². The third kappa shape index (κ3) is 6.83. The van der Waals surface area contributed by atoms with Crippen molar-refractivity contribution in [3.05, 3.63) is 124 Å². The number of methoxy groups -OCH3 is 1. The number of ether oxygens (including phenoxy) is 2. The number of hydrogen-bond acceptors (Lipinski definition) is 6. The molecule has 0 saturated heterocycles. The first kappa shape index (κ1) is 26.1. The first-order valence-corrected chi connectivity index (χ1v) is 11.8. The molecule has 0 fully saturated rings. The zero-order valence-electron chi connectivity index (χ0n) is 20.2. The number of esters is 1. The Morgan fingerprint density at radius 1 is 0.763 bits per heavy atom. The van der Waals surface area contributed by atoms with Crippen LogP contribution < -0.4 is 20.2 Å². The minimum Gasteiger partial charge on any atom is -0.493 e. The molecule has 2 N–H and O–H groups in total. The normalized spacial score (nSPS) is 10.6. The van der Waals surface area contributed by atoms with Crippen LogP contribution in [0.3, 0.4) is 0 Å². The van der Waals surface area contributed by atoms with Gasteiger partial charge in [-0.05, 0) is 78.4 Å². The number of hydrazone groups is 1. The molecule has 0 unspecified atom stereocenters. The van der Waals surface area contributed by atoms with E-state index in [4.69, 9.17) is 21.1 Å². The van der Waals surface area contributed by atoms with Crippen LogP contribution in [0.25, 0.3) is 0 Å². The van der Waals surface area contributed by atoms with E-state index >= 15 is 0 Å². The van der Waals surface area contributed by atoms with Gasteiger partial charge >= 0.3 is 5.97 Å². The molecular weight excluding hydrogens is 506 g/mol. The summed E-state index contributed by atoms with van der Waals surface area (Å²) in [6.07, 6.45) is 1.43. The lowest BCUT2D eigenvalue weighted by Crippen LogP contribution is -2.18. The number of carbonyl (C=O) groups excluding carboxylic acids is 3. The van der Waals surface area contributed by atoms with Crippen molar-refractivity contribution in [3.63, 3.8) is 0 Å². The van der Waals surface area contributed by atoms with Crippen LogP contribution in [0.1, 0.15) is 36.6 Å². The fourth-order valence-corrected chi connectivity index (χ4v) is 3.48. The van der Waals surface area contributed by atoms with Crippen LogP contribution in [0.15, 0.2) is 102 Å². The van der Waals surface area contributed by atoms with Crippen LogP contribution in [0, 0.1) is 0 Å². The third-order valence-electron chi connectivity index (χ3n) is 5.27. The second-order valence-electron chi connectivity index (χ2n) is 7.91. The highest BCUT2D eigenvalue weighted by atomic mass is 35.5. The summed E-state index contributed by atoms with van der Waals surface area (Å²) in [6.45, 7) is 0. The molecule has 4 rings (SSSR count). The lowest BCUT2D eigenvalue weighted by Gasteiger charge is -2.10. The first-order chi connectivity index (χ1) is 18.4. The molecule has 0 saturated carbocycles. The quantitative estimate of drug-likeness (QED) is 0.135. The van der Waals surface area contributed by atoms with Crippen molar-refractivity contribution in [2.45, 2.75) is 0 Å². The van der Waals surface area contributed by atoms with Crippen molar-refractivity contribution in [1.29, 1.82) is 0 Å². The summed E-state index contributed by atoms with van der Waals surface area (Å²) in [5.41, 5.74) is 4.65. The number of benzene rings is 4. The SMILES string of the molecule is COc1cc(C=NNC(=O)c2cccc(NC(=O)c3ccc(Cl)cc3)c2)ccc1OC(=O)c1ccccc1. The van der Waals surface area contributed by atoms with Gasteiger partial charge in [-0.2, -0.15) is 5.10 Å². The highest BCUT2D eigenvalue weighted by Gasteiger charge is 2.13. The predicted molar refractivity (Wildman–Crippen MR) is 145 cm³/mol. The van der Waals surface area contributed by atoms with Crippen molar-refractivity contribution >= 4 is 41.3 Å². The summed E-state index contributed by atoms with van der Waals surface area (Å²) in [7, 11) is 1.45. The van der Waals surface area contributed by atoms with Crippen LogP contribution in [0.4, 0.5) is 5.69 Å². The van der Waals surface area contributed by atoms with E-state index < -0.39 is 11.9 Å². The van der Waals surface area contributed by atoms with Gasteiger partial charge in [0.05, 0.1) is 18.9 Å². The van der Waals surface area contributed by atoms with Gasteiger partial charge in [0.25, 0.3) is 11.8 Å². The molecule has 2 amide bonds. The number of amides is 2. The minimum absolute atomic E-state index is 0.250. The third-order valence-corrected chi connectivity index (χ3v) is 5.52. The van der Waals surface area contributed by atoms with Crippen molar-refractivity contribution in [2.24, 2.45) is 5.10 Å². The highest BCUT2D eigenvalue weighted by Crippen LogP contribution is 2.28. The van der Waals surface area contributed by atoms with E-state index in [0.29, 0.717) is 38.7 Å². The molecule has 0 bridgehead atoms. The van der Waals surface area contributed by atoms with E-state index in [1.54, 1.807) is 84.9 Å². The smallest absolute Gasteiger partial charge is 0.343 e. The molecule has 8 nitrogen and oxygen atoms in total. The Hall–Kier alpha value is -4.95. The fraction of sp³-hybridized carbons (Fsp3) is 0.0345. The molecule has 190 valence electrons. The number of rotatable bonds is 8. The minimum atomic E-state index is -0.510. The van der Waals surface area contributed by atoms with Gasteiger partial charge in [0.2, 0.25) is 0 Å². The van der Waals surface area contributed by atoms with E-state index in [1.165, 1.54) is 19.4 Å². The maximum Gasteiger partial charge on any atom is 0.343 e. The van der Waals surface area contributed by atoms with Crippen LogP contribution in [0.2, 0.25) is 5.02 Å². The maximum absolute atomic E-state index is 12.6. The van der Waals surface area contributed by atoms with Gasteiger partial charge in [-0.15, -0.1) is 0 Å². The van der Waals surface area contributed by atoms with E-state index in [2.05, 4.69) is 15.8 Å². The lowest BCUT2D eigenvalue weighted by molar-refractivity contribution is 0.0729. The number of carbonyl (C=O) groups is 3. The number of halogens is 1. The standard InChI is InChI=1S/C29H22ClN3O5/c1-37-26-16-19(10-15-25(26)38-29(36)21-6-3-2-4-7-21)18-31-33-28(35)22-8-5-9-24(17-22)32-27(34)20-11-13-23(30)14-12-20/h2-18H,1H3,(H,32,34)(H,33,35). The molecule has 0 aliphatic heterocycles. The molecule has 0 spiro atoms. The Bertz CT molecular complexity index is 1490. The van der Waals surface area contributed by atoms with Gasteiger partial charge in [-0.25, -0.2) is 10.2 Å². The molecule has 0 aliphatic carbocycles. The molecule has 0 heterocycles. The Morgan fingerprint density at radius 3 is 2.24 bits per heavy atom. The second kappa shape index (κ2) is 12.3. The fourth-order valence-electron chi connectivity index (χ4n) is 3.35. The van der Waals surface area contributed by atoms with Crippen LogP contribution >= 0.6 is 11.6 Å². The van der Waals surface area contributed by atoms with Crippen LogP contribution in [-0.4, -0.2) is 31.1 Å². The van der Waals surface area contributed by atoms with E-state index in [9.17, 15) is 14.4 Å². The summed E-state index contributed by atoms with van der Waals surface area (Å²) in [6, 6.07) is 26.4. The second-order valence-corrected chi connectivity index (χ2v) is 8.34. The van der Waals surface area contributed by atoms with Crippen molar-refractivity contribution in [1.82, 2.24) is 5.43 Å². The van der Waals surface area contributed by atoms with E-state index in [-0.39, 0.29) is 11.7 Å². The highest BCUT2D eigenvalue weighted by molar-refractivity contribution is 6.30. The molecule has 4 aromatic carbocycles. The summed E-state index contributed by atoms with van der Waals surface area (Å²) in [5.74, 6) is -0.730. The van der Waals surface area contributed by atoms with Crippen molar-refractivity contribution in [3.8, 4) is 11.5 Å².